The Balaban J connectivity index is 1.81. The number of carbonyl (C=O) groups is 2. The number of halogens is 2. The van der Waals surface area contributed by atoms with Gasteiger partial charge in [-0.2, -0.15) is 0 Å². The summed E-state index contributed by atoms with van der Waals surface area (Å²) in [7, 11) is 0. The second kappa shape index (κ2) is 7.34. The van der Waals surface area contributed by atoms with Crippen LogP contribution in [0.2, 0.25) is 0 Å². The molecule has 2 aromatic rings. The number of aryl methyl sites for hydroxylation is 1. The summed E-state index contributed by atoms with van der Waals surface area (Å²) in [4.78, 5) is 30.6. The number of carbonyl (C=O) groups excluding carboxylic acids is 2. The quantitative estimate of drug-likeness (QED) is 0.755. The van der Waals surface area contributed by atoms with Crippen LogP contribution in [0.25, 0.3) is 0 Å². The van der Waals surface area contributed by atoms with Gasteiger partial charge in [0.1, 0.15) is 17.2 Å². The van der Waals surface area contributed by atoms with Gasteiger partial charge >= 0.3 is 6.03 Å². The van der Waals surface area contributed by atoms with Gasteiger partial charge in [-0.05, 0) is 37.8 Å². The van der Waals surface area contributed by atoms with Crippen LogP contribution < -0.4 is 5.32 Å². The molecule has 1 fully saturated rings. The van der Waals surface area contributed by atoms with Crippen LogP contribution in [0, 0.1) is 17.6 Å². The van der Waals surface area contributed by atoms with E-state index < -0.39 is 34.7 Å². The number of rotatable bonds is 6. The fourth-order valence-electron chi connectivity index (χ4n) is 3.10. The molecule has 1 aromatic heterocycles. The molecule has 3 amide bonds. The summed E-state index contributed by atoms with van der Waals surface area (Å²) in [6, 6.07) is 2.65. The Morgan fingerprint density at radius 3 is 2.56 bits per heavy atom. The molecule has 0 saturated carbocycles. The molecule has 144 valence electrons. The molecule has 0 bridgehead atoms. The third-order valence-electron chi connectivity index (χ3n) is 4.59. The van der Waals surface area contributed by atoms with Crippen molar-refractivity contribution in [3.63, 3.8) is 0 Å². The molecule has 5 nitrogen and oxygen atoms in total. The lowest BCUT2D eigenvalue weighted by Crippen LogP contribution is -2.42. The highest BCUT2D eigenvalue weighted by atomic mass is 32.1. The highest BCUT2D eigenvalue weighted by molar-refractivity contribution is 7.09. The summed E-state index contributed by atoms with van der Waals surface area (Å²) in [6.07, 6.45) is 1.83. The topological polar surface area (TPSA) is 62.3 Å². The first kappa shape index (κ1) is 19.4. The number of benzene rings is 1. The minimum atomic E-state index is -1.79. The summed E-state index contributed by atoms with van der Waals surface area (Å²) >= 11 is 1.48. The first-order chi connectivity index (χ1) is 12.7. The van der Waals surface area contributed by atoms with E-state index in [-0.39, 0.29) is 6.54 Å². The smallest absolute Gasteiger partial charge is 0.319 e. The third kappa shape index (κ3) is 3.71. The van der Waals surface area contributed by atoms with Gasteiger partial charge < -0.3 is 5.32 Å². The number of urea groups is 1. The Hall–Kier alpha value is -2.35. The highest BCUT2D eigenvalue weighted by Crippen LogP contribution is 2.33. The average Bonchev–Trinajstić information content (AvgIpc) is 3.12. The van der Waals surface area contributed by atoms with Gasteiger partial charge in [-0.3, -0.25) is 9.69 Å². The molecule has 1 atom stereocenters. The Bertz CT molecular complexity index is 863. The molecular weight excluding hydrogens is 372 g/mol. The molecule has 27 heavy (non-hydrogen) atoms. The molecule has 0 aliphatic carbocycles. The molecule has 0 radical (unpaired) electrons. The second-order valence-electron chi connectivity index (χ2n) is 7.21. The van der Waals surface area contributed by atoms with Crippen molar-refractivity contribution in [3.05, 3.63) is 51.5 Å². The molecule has 2 heterocycles. The molecular formula is C19H21F2N3O2S. The van der Waals surface area contributed by atoms with Crippen molar-refractivity contribution in [1.29, 1.82) is 0 Å². The van der Waals surface area contributed by atoms with Crippen LogP contribution in [0.1, 0.15) is 43.5 Å². The summed E-state index contributed by atoms with van der Waals surface area (Å²) in [5.41, 5.74) is -1.66. The maximum atomic E-state index is 14.2. The molecule has 1 unspecified atom stereocenters. The van der Waals surface area contributed by atoms with Gasteiger partial charge in [0.05, 0.1) is 22.8 Å². The average molecular weight is 393 g/mol. The van der Waals surface area contributed by atoms with Crippen molar-refractivity contribution in [2.24, 2.45) is 5.92 Å². The van der Waals surface area contributed by atoms with E-state index in [9.17, 15) is 18.4 Å². The van der Waals surface area contributed by atoms with E-state index in [1.807, 2.05) is 0 Å². The van der Waals surface area contributed by atoms with E-state index in [4.69, 9.17) is 0 Å². The van der Waals surface area contributed by atoms with Crippen LogP contribution in [0.15, 0.2) is 23.6 Å². The van der Waals surface area contributed by atoms with Crippen LogP contribution in [-0.2, 0) is 23.3 Å². The zero-order chi connectivity index (χ0) is 19.8. The lowest BCUT2D eigenvalue weighted by atomic mass is 9.91. The van der Waals surface area contributed by atoms with E-state index >= 15 is 0 Å². The zero-order valence-corrected chi connectivity index (χ0v) is 16.2. The van der Waals surface area contributed by atoms with Gasteiger partial charge in [0, 0.05) is 5.38 Å². The van der Waals surface area contributed by atoms with Crippen molar-refractivity contribution in [3.8, 4) is 0 Å². The van der Waals surface area contributed by atoms with Gasteiger partial charge in [-0.1, -0.05) is 19.9 Å². The van der Waals surface area contributed by atoms with Crippen LogP contribution >= 0.6 is 11.3 Å². The zero-order valence-electron chi connectivity index (χ0n) is 15.4. The van der Waals surface area contributed by atoms with Crippen molar-refractivity contribution >= 4 is 23.3 Å². The number of thiazole rings is 1. The number of aromatic nitrogens is 1. The highest BCUT2D eigenvalue weighted by Gasteiger charge is 2.51. The third-order valence-corrected chi connectivity index (χ3v) is 5.55. The molecule has 1 N–H and O–H groups in total. The van der Waals surface area contributed by atoms with Crippen LogP contribution in [0.4, 0.5) is 13.6 Å². The summed E-state index contributed by atoms with van der Waals surface area (Å²) in [5, 5.41) is 5.17. The van der Waals surface area contributed by atoms with Crippen molar-refractivity contribution in [1.82, 2.24) is 15.2 Å². The Morgan fingerprint density at radius 2 is 1.93 bits per heavy atom. The predicted molar refractivity (Wildman–Crippen MR) is 98.1 cm³/mol. The van der Waals surface area contributed by atoms with Gasteiger partial charge in [-0.25, -0.2) is 18.6 Å². The molecule has 0 spiro atoms. The largest absolute Gasteiger partial charge is 0.325 e. The summed E-state index contributed by atoms with van der Waals surface area (Å²) in [6.45, 7) is 5.53. The SMILES string of the molecule is CC(C)CCc1nc(CN2C(=O)NC(C)(c3c(F)cccc3F)C2=O)cs1. The first-order valence-electron chi connectivity index (χ1n) is 8.74. The van der Waals surface area contributed by atoms with E-state index in [0.717, 1.165) is 34.9 Å². The van der Waals surface area contributed by atoms with Gasteiger partial charge in [-0.15, -0.1) is 11.3 Å². The molecule has 1 aromatic carbocycles. The van der Waals surface area contributed by atoms with Crippen LogP contribution in [-0.4, -0.2) is 21.8 Å². The van der Waals surface area contributed by atoms with E-state index in [0.29, 0.717) is 11.6 Å². The first-order valence-corrected chi connectivity index (χ1v) is 9.62. The maximum Gasteiger partial charge on any atom is 0.325 e. The number of hydrogen-bond acceptors (Lipinski definition) is 4. The predicted octanol–water partition coefficient (Wildman–Crippen LogP) is 3.98. The number of amides is 3. The van der Waals surface area contributed by atoms with Crippen molar-refractivity contribution < 1.29 is 18.4 Å². The number of nitrogens with one attached hydrogen (secondary N) is 1. The molecule has 8 heteroatoms. The van der Waals surface area contributed by atoms with E-state index in [2.05, 4.69) is 24.1 Å². The van der Waals surface area contributed by atoms with Crippen LogP contribution in [0.3, 0.4) is 0 Å². The normalized spacial score (nSPS) is 19.9. The Morgan fingerprint density at radius 1 is 1.26 bits per heavy atom. The fourth-order valence-corrected chi connectivity index (χ4v) is 3.90. The number of imide groups is 1. The lowest BCUT2D eigenvalue weighted by Gasteiger charge is -2.23. The molecule has 3 rings (SSSR count). The van der Waals surface area contributed by atoms with E-state index in [1.54, 1.807) is 5.38 Å². The van der Waals surface area contributed by atoms with Crippen molar-refractivity contribution in [2.45, 2.75) is 45.7 Å². The number of hydrogen-bond donors (Lipinski definition) is 1. The van der Waals surface area contributed by atoms with Crippen molar-refractivity contribution in [2.75, 3.05) is 0 Å². The standard InChI is InChI=1S/C19H21F2N3O2S/c1-11(2)7-8-15-22-12(10-27-15)9-24-17(25)19(3,23-18(24)26)16-13(20)5-4-6-14(16)21/h4-6,10-11H,7-9H2,1-3H3,(H,23,26). The minimum absolute atomic E-state index is 0.0332. The van der Waals surface area contributed by atoms with Gasteiger partial charge in [0.25, 0.3) is 5.91 Å². The minimum Gasteiger partial charge on any atom is -0.319 e. The molecule has 1 aliphatic rings. The van der Waals surface area contributed by atoms with Crippen LogP contribution in [0.5, 0.6) is 0 Å². The number of nitrogens with zero attached hydrogens (tertiary/aromatic N) is 2. The van der Waals surface area contributed by atoms with E-state index in [1.165, 1.54) is 24.3 Å². The Labute approximate surface area is 160 Å². The fraction of sp³-hybridized carbons (Fsp3) is 0.421. The molecule has 1 aliphatic heterocycles. The lowest BCUT2D eigenvalue weighted by molar-refractivity contribution is -0.131. The molecule has 1 saturated heterocycles. The summed E-state index contributed by atoms with van der Waals surface area (Å²) in [5.74, 6) is -1.90. The van der Waals surface area contributed by atoms with Gasteiger partial charge in [0.2, 0.25) is 0 Å². The second-order valence-corrected chi connectivity index (χ2v) is 8.15. The summed E-state index contributed by atoms with van der Waals surface area (Å²) < 4.78 is 28.4. The monoisotopic (exact) mass is 393 g/mol. The van der Waals surface area contributed by atoms with Gasteiger partial charge in [0.15, 0.2) is 0 Å². The Kier molecular flexibility index (Phi) is 5.28. The maximum absolute atomic E-state index is 14.2.